The molecular formula is C9H8Cl2N2O2. The third kappa shape index (κ3) is 3.77. The van der Waals surface area contributed by atoms with Gasteiger partial charge >= 0.3 is 6.09 Å². The van der Waals surface area contributed by atoms with Crippen LogP contribution in [0.4, 0.5) is 4.79 Å². The van der Waals surface area contributed by atoms with Gasteiger partial charge in [0.15, 0.2) is 0 Å². The van der Waals surface area contributed by atoms with E-state index < -0.39 is 6.09 Å². The van der Waals surface area contributed by atoms with E-state index in [4.69, 9.17) is 23.2 Å². The Bertz CT molecular complexity index is 394. The molecule has 4 nitrogen and oxygen atoms in total. The van der Waals surface area contributed by atoms with Gasteiger partial charge in [0.25, 0.3) is 0 Å². The van der Waals surface area contributed by atoms with Crippen LogP contribution in [0.3, 0.4) is 0 Å². The highest BCUT2D eigenvalue weighted by Crippen LogP contribution is 2.21. The van der Waals surface area contributed by atoms with Crippen molar-refractivity contribution in [3.05, 3.63) is 33.8 Å². The molecule has 6 heteroatoms. The first-order valence-corrected chi connectivity index (χ1v) is 4.76. The second-order valence-electron chi connectivity index (χ2n) is 2.54. The van der Waals surface area contributed by atoms with Crippen LogP contribution in [0.25, 0.3) is 0 Å². The van der Waals surface area contributed by atoms with Crippen LogP contribution in [0.1, 0.15) is 5.56 Å². The number of carbonyl (C=O) groups excluding carboxylic acids is 1. The Hall–Kier alpha value is -1.26. The van der Waals surface area contributed by atoms with Gasteiger partial charge in [0, 0.05) is 7.05 Å². The highest BCUT2D eigenvalue weighted by Gasteiger charge is 1.98. The third-order valence-electron chi connectivity index (χ3n) is 1.49. The number of nitrogens with zero attached hydrogens (tertiary/aromatic N) is 1. The molecular weight excluding hydrogens is 239 g/mol. The average Bonchev–Trinajstić information content (AvgIpc) is 2.23. The minimum Gasteiger partial charge on any atom is -0.323 e. The lowest BCUT2D eigenvalue weighted by molar-refractivity contribution is 0.154. The van der Waals surface area contributed by atoms with Crippen LogP contribution in [-0.2, 0) is 4.84 Å². The number of benzene rings is 1. The predicted molar refractivity (Wildman–Crippen MR) is 59.6 cm³/mol. The van der Waals surface area contributed by atoms with E-state index in [-0.39, 0.29) is 0 Å². The van der Waals surface area contributed by atoms with Crippen molar-refractivity contribution in [1.29, 1.82) is 0 Å². The summed E-state index contributed by atoms with van der Waals surface area (Å²) in [5.41, 5.74) is 0.688. The predicted octanol–water partition coefficient (Wildman–Crippen LogP) is 2.68. The molecule has 0 aliphatic heterocycles. The first-order valence-electron chi connectivity index (χ1n) is 4.00. The fraction of sp³-hybridized carbons (Fsp3) is 0.111. The van der Waals surface area contributed by atoms with E-state index in [1.54, 1.807) is 18.2 Å². The van der Waals surface area contributed by atoms with Crippen molar-refractivity contribution >= 4 is 35.5 Å². The fourth-order valence-corrected chi connectivity index (χ4v) is 1.08. The maximum Gasteiger partial charge on any atom is 0.433 e. The van der Waals surface area contributed by atoms with Crippen LogP contribution in [0.15, 0.2) is 23.4 Å². The summed E-state index contributed by atoms with van der Waals surface area (Å²) in [6.07, 6.45) is 0.726. The molecule has 0 aliphatic carbocycles. The number of hydrogen-bond acceptors (Lipinski definition) is 3. The topological polar surface area (TPSA) is 50.7 Å². The highest BCUT2D eigenvalue weighted by molar-refractivity contribution is 6.42. The zero-order chi connectivity index (χ0) is 11.3. The van der Waals surface area contributed by atoms with Gasteiger partial charge in [-0.2, -0.15) is 0 Å². The third-order valence-corrected chi connectivity index (χ3v) is 2.22. The lowest BCUT2D eigenvalue weighted by Crippen LogP contribution is -2.16. The van der Waals surface area contributed by atoms with Gasteiger partial charge in [0.1, 0.15) is 0 Å². The molecule has 0 heterocycles. The van der Waals surface area contributed by atoms with Gasteiger partial charge < -0.3 is 5.32 Å². The van der Waals surface area contributed by atoms with Crippen LogP contribution in [0.2, 0.25) is 10.0 Å². The molecule has 1 N–H and O–H groups in total. The molecule has 0 aliphatic rings. The normalized spacial score (nSPS) is 10.3. The molecule has 1 aromatic carbocycles. The van der Waals surface area contributed by atoms with Crippen molar-refractivity contribution in [2.75, 3.05) is 7.05 Å². The number of halogens is 2. The molecule has 1 rings (SSSR count). The van der Waals surface area contributed by atoms with Gasteiger partial charge in [0.05, 0.1) is 16.3 Å². The van der Waals surface area contributed by atoms with Crippen molar-refractivity contribution in [3.8, 4) is 0 Å². The molecule has 0 radical (unpaired) electrons. The van der Waals surface area contributed by atoms with Gasteiger partial charge in [-0.25, -0.2) is 4.79 Å². The molecule has 80 valence electrons. The maximum absolute atomic E-state index is 10.6. The Kier molecular flexibility index (Phi) is 4.39. The SMILES string of the molecule is CNC(=O)O/N=C/c1ccc(Cl)c(Cl)c1. The van der Waals surface area contributed by atoms with Gasteiger partial charge in [0.2, 0.25) is 0 Å². The summed E-state index contributed by atoms with van der Waals surface area (Å²) in [5, 5.41) is 6.57. The molecule has 0 unspecified atom stereocenters. The lowest BCUT2D eigenvalue weighted by atomic mass is 10.2. The smallest absolute Gasteiger partial charge is 0.323 e. The molecule has 0 fully saturated rings. The van der Waals surface area contributed by atoms with Crippen LogP contribution in [-0.4, -0.2) is 19.4 Å². The van der Waals surface area contributed by atoms with Gasteiger partial charge in [-0.1, -0.05) is 34.4 Å². The Morgan fingerprint density at radius 2 is 2.20 bits per heavy atom. The second-order valence-corrected chi connectivity index (χ2v) is 3.35. The first kappa shape index (κ1) is 11.8. The van der Waals surface area contributed by atoms with Crippen molar-refractivity contribution in [2.24, 2.45) is 5.16 Å². The van der Waals surface area contributed by atoms with E-state index in [0.29, 0.717) is 15.6 Å². The maximum atomic E-state index is 10.6. The van der Waals surface area contributed by atoms with E-state index in [1.807, 2.05) is 0 Å². The Balaban J connectivity index is 2.65. The molecule has 1 amide bonds. The average molecular weight is 247 g/mol. The van der Waals surface area contributed by atoms with E-state index in [0.717, 1.165) is 0 Å². The number of rotatable bonds is 2. The lowest BCUT2D eigenvalue weighted by Gasteiger charge is -1.97. The summed E-state index contributed by atoms with van der Waals surface area (Å²) < 4.78 is 0. The molecule has 0 bridgehead atoms. The molecule has 0 aromatic heterocycles. The van der Waals surface area contributed by atoms with Gasteiger partial charge in [-0.15, -0.1) is 0 Å². The molecule has 0 saturated heterocycles. The van der Waals surface area contributed by atoms with Crippen molar-refractivity contribution in [2.45, 2.75) is 0 Å². The first-order chi connectivity index (χ1) is 7.13. The summed E-state index contributed by atoms with van der Waals surface area (Å²) in [6, 6.07) is 4.94. The van der Waals surface area contributed by atoms with E-state index in [1.165, 1.54) is 13.3 Å². The number of carbonyl (C=O) groups is 1. The number of amides is 1. The monoisotopic (exact) mass is 246 g/mol. The van der Waals surface area contributed by atoms with Gasteiger partial charge in [-0.05, 0) is 17.7 Å². The zero-order valence-corrected chi connectivity index (χ0v) is 9.34. The van der Waals surface area contributed by atoms with Crippen molar-refractivity contribution in [1.82, 2.24) is 5.32 Å². The minimum absolute atomic E-state index is 0.417. The summed E-state index contributed by atoms with van der Waals surface area (Å²) >= 11 is 11.5. The number of oxime groups is 1. The van der Waals surface area contributed by atoms with Crippen molar-refractivity contribution in [3.63, 3.8) is 0 Å². The molecule has 0 saturated carbocycles. The Morgan fingerprint density at radius 3 is 2.80 bits per heavy atom. The molecule has 0 atom stereocenters. The van der Waals surface area contributed by atoms with Crippen LogP contribution < -0.4 is 5.32 Å². The molecule has 0 spiro atoms. The zero-order valence-electron chi connectivity index (χ0n) is 7.83. The molecule has 15 heavy (non-hydrogen) atoms. The largest absolute Gasteiger partial charge is 0.433 e. The standard InChI is InChI=1S/C9H8Cl2N2O2/c1-12-9(14)15-13-5-6-2-3-7(10)8(11)4-6/h2-5H,1H3,(H,12,14)/b13-5+. The van der Waals surface area contributed by atoms with Crippen LogP contribution >= 0.6 is 23.2 Å². The minimum atomic E-state index is -0.633. The van der Waals surface area contributed by atoms with E-state index >= 15 is 0 Å². The fourth-order valence-electron chi connectivity index (χ4n) is 0.773. The highest BCUT2D eigenvalue weighted by atomic mass is 35.5. The Morgan fingerprint density at radius 1 is 1.47 bits per heavy atom. The van der Waals surface area contributed by atoms with E-state index in [2.05, 4.69) is 15.3 Å². The van der Waals surface area contributed by atoms with Crippen LogP contribution in [0.5, 0.6) is 0 Å². The summed E-state index contributed by atoms with van der Waals surface area (Å²) in [5.74, 6) is 0. The molecule has 1 aromatic rings. The van der Waals surface area contributed by atoms with Crippen molar-refractivity contribution < 1.29 is 9.63 Å². The van der Waals surface area contributed by atoms with E-state index in [9.17, 15) is 4.79 Å². The quantitative estimate of drug-likeness (QED) is 0.496. The summed E-state index contributed by atoms with van der Waals surface area (Å²) in [6.45, 7) is 0. The summed E-state index contributed by atoms with van der Waals surface area (Å²) in [7, 11) is 1.44. The summed E-state index contributed by atoms with van der Waals surface area (Å²) in [4.78, 5) is 15.0. The number of nitrogens with one attached hydrogen (secondary N) is 1. The van der Waals surface area contributed by atoms with Crippen LogP contribution in [0, 0.1) is 0 Å². The number of hydrogen-bond donors (Lipinski definition) is 1. The second kappa shape index (κ2) is 5.58. The van der Waals surface area contributed by atoms with Gasteiger partial charge in [-0.3, -0.25) is 4.84 Å². The Labute approximate surface area is 96.8 Å².